The zero-order valence-corrected chi connectivity index (χ0v) is 42.4. The number of hydrogen-bond acceptors (Lipinski definition) is 13. The molecular weight excluding hydrogens is 989 g/mol. The van der Waals surface area contributed by atoms with Gasteiger partial charge in [0.15, 0.2) is 0 Å². The minimum Gasteiger partial charge on any atom is -0.480 e. The number of aromatic amines is 4. The van der Waals surface area contributed by atoms with Crippen molar-refractivity contribution in [2.75, 3.05) is 17.2 Å². The summed E-state index contributed by atoms with van der Waals surface area (Å²) in [4.78, 5) is 80.8. The number of carboxylic acids is 1. The van der Waals surface area contributed by atoms with E-state index in [0.717, 1.165) is 61.0 Å². The molecule has 2 atom stereocenters. The van der Waals surface area contributed by atoms with Gasteiger partial charge in [-0.05, 0) is 92.6 Å². The number of carboxylic acid groups (broad SMARTS) is 1. The highest BCUT2D eigenvalue weighted by Crippen LogP contribution is 2.36. The van der Waals surface area contributed by atoms with Crippen LogP contribution in [-0.2, 0) is 27.4 Å². The Morgan fingerprint density at radius 1 is 0.577 bits per heavy atom. The first kappa shape index (κ1) is 49.7. The zero-order valence-electron chi connectivity index (χ0n) is 42.4. The molecule has 0 fully saturated rings. The van der Waals surface area contributed by atoms with E-state index in [1.165, 1.54) is 4.68 Å². The molecule has 4 aromatic carbocycles. The summed E-state index contributed by atoms with van der Waals surface area (Å²) in [5, 5.41) is 26.2. The van der Waals surface area contributed by atoms with Gasteiger partial charge in [-0.25, -0.2) is 9.97 Å². The molecule has 20 nitrogen and oxygen atoms in total. The molecule has 0 aliphatic heterocycles. The average Bonchev–Trinajstić information content (AvgIpc) is 4.43. The Balaban J connectivity index is 0.000000166. The number of hydrogen-bond donors (Lipinski definition) is 7. The molecule has 78 heavy (non-hydrogen) atoms. The number of anilines is 2. The van der Waals surface area contributed by atoms with Crippen LogP contribution in [0, 0.1) is 0 Å². The third kappa shape index (κ3) is 10.3. The highest BCUT2D eigenvalue weighted by molar-refractivity contribution is 6.01. The largest absolute Gasteiger partial charge is 0.480 e. The van der Waals surface area contributed by atoms with Crippen LogP contribution in [-0.4, -0.2) is 83.1 Å². The number of rotatable bonds is 15. The summed E-state index contributed by atoms with van der Waals surface area (Å²) in [7, 11) is 0. The fraction of sp³-hybridized carbons (Fsp3) is 0.138. The highest BCUT2D eigenvalue weighted by atomic mass is 16.5. The number of pyridine rings is 4. The number of imidazole rings is 2. The van der Waals surface area contributed by atoms with E-state index in [0.29, 0.717) is 57.3 Å². The van der Waals surface area contributed by atoms with Gasteiger partial charge in [-0.1, -0.05) is 60.7 Å². The Labute approximate surface area is 443 Å². The van der Waals surface area contributed by atoms with Crippen molar-refractivity contribution >= 4 is 67.2 Å². The summed E-state index contributed by atoms with van der Waals surface area (Å²) in [5.41, 5.74) is 11.1. The molecule has 12 rings (SSSR count). The van der Waals surface area contributed by atoms with Gasteiger partial charge in [0.05, 0.1) is 86.9 Å². The maximum Gasteiger partial charge on any atom is 0.327 e. The number of carbonyl (C=O) groups excluding carboxylic acids is 1. The van der Waals surface area contributed by atoms with Crippen molar-refractivity contribution in [1.29, 1.82) is 0 Å². The number of esters is 1. The van der Waals surface area contributed by atoms with E-state index in [1.54, 1.807) is 48.8 Å². The van der Waals surface area contributed by atoms with Crippen LogP contribution in [0.1, 0.15) is 44.2 Å². The molecule has 388 valence electrons. The topological polar surface area (TPSA) is 272 Å². The fourth-order valence-corrected chi connectivity index (χ4v) is 9.37. The van der Waals surface area contributed by atoms with Crippen LogP contribution in [0.25, 0.3) is 88.9 Å². The lowest BCUT2D eigenvalue weighted by Crippen LogP contribution is -2.17. The van der Waals surface area contributed by atoms with Gasteiger partial charge in [-0.2, -0.15) is 10.2 Å². The molecule has 0 spiro atoms. The monoisotopic (exact) mass is 1040 g/mol. The second-order valence-corrected chi connectivity index (χ2v) is 18.4. The number of nitrogens with one attached hydrogen (secondary N) is 6. The van der Waals surface area contributed by atoms with Crippen molar-refractivity contribution in [2.24, 2.45) is 0 Å². The third-order valence-corrected chi connectivity index (χ3v) is 13.1. The smallest absolute Gasteiger partial charge is 0.327 e. The van der Waals surface area contributed by atoms with E-state index in [9.17, 15) is 19.2 Å². The number of para-hydroxylation sites is 2. The standard InChI is InChI=1S/C30H27N7O3.C28H23N7O3/c1-3-40-26(38)17-37-16-20(15-32-37)19-11-12-24-25(14-19)35-29(34-24)27-28(33-18(2)22-9-6-7-13-31-22)21-8-4-5-10-23(21)36-30(27)39;1-16(20-7-4-5-11-29-20)31-26-19-6-2-3-8-21(19)34-28(38)25(26)27-32-22-10-9-17(12-23(22)33-27)18-13-30-35(14-18)15-24(36)37/h4-16,18H,3,17H2,1-2H3,(H,34,35)(H2,33,36,39);2-14,16H,15H2,1H3,(H,32,33)(H,36,37)(H2,31,34,38)/t18-;16-/m00/s1. The quantitative estimate of drug-likeness (QED) is 0.0471. The lowest BCUT2D eigenvalue weighted by atomic mass is 10.1. The molecule has 0 saturated carbocycles. The number of fused-ring (bicyclic) bond motifs is 4. The molecule has 12 aromatic rings. The van der Waals surface area contributed by atoms with Crippen LogP contribution in [0.4, 0.5) is 11.4 Å². The van der Waals surface area contributed by atoms with E-state index >= 15 is 0 Å². The van der Waals surface area contributed by atoms with Gasteiger partial charge < -0.3 is 40.4 Å². The number of benzene rings is 4. The van der Waals surface area contributed by atoms with Crippen LogP contribution >= 0.6 is 0 Å². The Hall–Kier alpha value is -10.5. The van der Waals surface area contributed by atoms with Crippen LogP contribution in [0.5, 0.6) is 0 Å². The number of nitrogens with zero attached hydrogens (tertiary/aromatic N) is 8. The van der Waals surface area contributed by atoms with Crippen LogP contribution < -0.4 is 21.8 Å². The Kier molecular flexibility index (Phi) is 13.6. The van der Waals surface area contributed by atoms with Crippen molar-refractivity contribution in [2.45, 2.75) is 45.9 Å². The predicted molar refractivity (Wildman–Crippen MR) is 299 cm³/mol. The third-order valence-electron chi connectivity index (χ3n) is 13.1. The molecule has 7 N–H and O–H groups in total. The summed E-state index contributed by atoms with van der Waals surface area (Å²) in [5.74, 6) is -0.418. The van der Waals surface area contributed by atoms with Gasteiger partial charge in [0.1, 0.15) is 35.9 Å². The number of aromatic nitrogens is 12. The molecule has 0 aliphatic rings. The first-order valence-electron chi connectivity index (χ1n) is 25.0. The molecule has 0 unspecified atom stereocenters. The highest BCUT2D eigenvalue weighted by Gasteiger charge is 2.23. The first-order chi connectivity index (χ1) is 38.0. The molecule has 0 bridgehead atoms. The fourth-order valence-electron chi connectivity index (χ4n) is 9.37. The lowest BCUT2D eigenvalue weighted by Gasteiger charge is -2.18. The normalized spacial score (nSPS) is 12.1. The minimum absolute atomic E-state index is 0.0434. The van der Waals surface area contributed by atoms with E-state index in [2.05, 4.69) is 50.7 Å². The number of carbonyl (C=O) groups is 2. The zero-order chi connectivity index (χ0) is 53.9. The molecule has 0 aliphatic carbocycles. The maximum atomic E-state index is 13.5. The van der Waals surface area contributed by atoms with Crippen molar-refractivity contribution in [3.8, 4) is 45.0 Å². The molecule has 0 radical (unpaired) electrons. The number of ether oxygens (including phenoxy) is 1. The van der Waals surface area contributed by atoms with E-state index in [-0.39, 0.29) is 42.3 Å². The predicted octanol–water partition coefficient (Wildman–Crippen LogP) is 9.65. The Morgan fingerprint density at radius 2 is 1.04 bits per heavy atom. The van der Waals surface area contributed by atoms with Gasteiger partial charge in [0.2, 0.25) is 0 Å². The second kappa shape index (κ2) is 21.4. The maximum absolute atomic E-state index is 13.5. The van der Waals surface area contributed by atoms with Crippen molar-refractivity contribution in [3.63, 3.8) is 0 Å². The van der Waals surface area contributed by atoms with Gasteiger partial charge in [0.25, 0.3) is 11.1 Å². The lowest BCUT2D eigenvalue weighted by molar-refractivity contribution is -0.144. The van der Waals surface area contributed by atoms with Crippen molar-refractivity contribution in [1.82, 2.24) is 59.4 Å². The summed E-state index contributed by atoms with van der Waals surface area (Å²) < 4.78 is 7.93. The number of aliphatic carboxylic acids is 1. The first-order valence-corrected chi connectivity index (χ1v) is 25.0. The van der Waals surface area contributed by atoms with Gasteiger partial charge in [-0.3, -0.25) is 38.5 Å². The SMILES string of the molecule is CCOC(=O)Cn1cc(-c2ccc3nc(-c4c(N[C@@H](C)c5ccccn5)c5ccccc5[nH]c4=O)[nH]c3c2)cn1.C[C@H](Nc1c(-c2nc3ccc(-c4cnn(CC(=O)O)c4)cc3[nH]2)c(=O)[nH]c2ccccc12)c1ccccn1. The minimum atomic E-state index is -0.962. The summed E-state index contributed by atoms with van der Waals surface area (Å²) >= 11 is 0. The van der Waals surface area contributed by atoms with Crippen LogP contribution in [0.3, 0.4) is 0 Å². The summed E-state index contributed by atoms with van der Waals surface area (Å²) in [6.45, 7) is 5.93. The van der Waals surface area contributed by atoms with E-state index in [1.807, 2.05) is 135 Å². The van der Waals surface area contributed by atoms with E-state index < -0.39 is 5.97 Å². The Morgan fingerprint density at radius 3 is 1.49 bits per heavy atom. The van der Waals surface area contributed by atoms with Gasteiger partial charge in [-0.15, -0.1) is 0 Å². The van der Waals surface area contributed by atoms with Gasteiger partial charge >= 0.3 is 11.9 Å². The van der Waals surface area contributed by atoms with E-state index in [4.69, 9.17) is 19.8 Å². The molecule has 0 amide bonds. The van der Waals surface area contributed by atoms with Crippen LogP contribution in [0.2, 0.25) is 0 Å². The van der Waals surface area contributed by atoms with Crippen molar-refractivity contribution < 1.29 is 19.4 Å². The van der Waals surface area contributed by atoms with Gasteiger partial charge in [0, 0.05) is 46.7 Å². The average molecular weight is 1040 g/mol. The summed E-state index contributed by atoms with van der Waals surface area (Å²) in [6.07, 6.45) is 10.3. The molecule has 0 saturated heterocycles. The molecule has 8 heterocycles. The second-order valence-electron chi connectivity index (χ2n) is 18.4. The molecular formula is C58H50N14O6. The Bertz CT molecular complexity index is 4290. The molecule has 8 aromatic heterocycles. The van der Waals surface area contributed by atoms with Crippen molar-refractivity contribution in [3.05, 3.63) is 191 Å². The molecule has 20 heteroatoms. The number of H-pyrrole nitrogens is 4. The van der Waals surface area contributed by atoms with Crippen LogP contribution in [0.15, 0.2) is 168 Å². The summed E-state index contributed by atoms with van der Waals surface area (Å²) in [6, 6.07) is 37.9.